The van der Waals surface area contributed by atoms with Gasteiger partial charge in [-0.1, -0.05) is 31.5 Å². The van der Waals surface area contributed by atoms with Gasteiger partial charge in [0.05, 0.1) is 5.69 Å². The van der Waals surface area contributed by atoms with Crippen LogP contribution in [0.25, 0.3) is 5.69 Å². The Morgan fingerprint density at radius 2 is 1.71 bits per heavy atom. The highest BCUT2D eigenvalue weighted by Crippen LogP contribution is 2.15. The predicted octanol–water partition coefficient (Wildman–Crippen LogP) is 2.91. The first kappa shape index (κ1) is 11.7. The van der Waals surface area contributed by atoms with E-state index in [1.54, 1.807) is 4.68 Å². The number of rotatable bonds is 2. The van der Waals surface area contributed by atoms with Crippen LogP contribution in [0.4, 0.5) is 0 Å². The van der Waals surface area contributed by atoms with Crippen molar-refractivity contribution in [3.05, 3.63) is 51.4 Å². The van der Waals surface area contributed by atoms with Crippen LogP contribution in [0.5, 0.6) is 0 Å². The highest BCUT2D eigenvalue weighted by atomic mass is 16.1. The summed E-state index contributed by atoms with van der Waals surface area (Å²) < 4.78 is 1.62. The molecule has 0 aliphatic carbocycles. The first-order valence-electron chi connectivity index (χ1n) is 5.89. The molecule has 1 heterocycles. The van der Waals surface area contributed by atoms with Crippen LogP contribution in [-0.2, 0) is 0 Å². The second-order valence-electron chi connectivity index (χ2n) is 4.78. The van der Waals surface area contributed by atoms with E-state index < -0.39 is 0 Å². The first-order chi connectivity index (χ1) is 8.00. The number of H-pyrrole nitrogens is 1. The molecule has 0 bridgehead atoms. The minimum absolute atomic E-state index is 0.0568. The zero-order valence-corrected chi connectivity index (χ0v) is 10.7. The first-order valence-corrected chi connectivity index (χ1v) is 5.89. The quantitative estimate of drug-likeness (QED) is 0.846. The van der Waals surface area contributed by atoms with Crippen molar-refractivity contribution in [2.45, 2.75) is 33.6 Å². The van der Waals surface area contributed by atoms with E-state index >= 15 is 0 Å². The van der Waals surface area contributed by atoms with Gasteiger partial charge < -0.3 is 0 Å². The average Bonchev–Trinajstić information content (AvgIpc) is 2.55. The van der Waals surface area contributed by atoms with Gasteiger partial charge in [-0.05, 0) is 31.9 Å². The SMILES string of the molecule is Cc1ccc(-n2[nH]c(C)c(C(C)C)c2=O)cc1. The molecule has 3 heteroatoms. The summed E-state index contributed by atoms with van der Waals surface area (Å²) in [6.07, 6.45) is 0. The van der Waals surface area contributed by atoms with Gasteiger partial charge in [-0.15, -0.1) is 0 Å². The fourth-order valence-corrected chi connectivity index (χ4v) is 2.12. The van der Waals surface area contributed by atoms with Gasteiger partial charge in [0.25, 0.3) is 5.56 Å². The van der Waals surface area contributed by atoms with E-state index in [0.717, 1.165) is 16.9 Å². The van der Waals surface area contributed by atoms with Crippen LogP contribution in [0.1, 0.15) is 36.6 Å². The number of aromatic amines is 1. The van der Waals surface area contributed by atoms with Crippen molar-refractivity contribution in [2.24, 2.45) is 0 Å². The van der Waals surface area contributed by atoms with Crippen molar-refractivity contribution in [2.75, 3.05) is 0 Å². The highest BCUT2D eigenvalue weighted by molar-refractivity contribution is 5.35. The summed E-state index contributed by atoms with van der Waals surface area (Å²) in [6, 6.07) is 7.92. The Bertz CT molecular complexity index is 573. The molecule has 0 atom stereocenters. The molecule has 90 valence electrons. The molecule has 0 radical (unpaired) electrons. The fraction of sp³-hybridized carbons (Fsp3) is 0.357. The maximum atomic E-state index is 12.2. The molecule has 0 saturated carbocycles. The molecule has 17 heavy (non-hydrogen) atoms. The van der Waals surface area contributed by atoms with Crippen molar-refractivity contribution in [1.29, 1.82) is 0 Å². The molecule has 2 aromatic rings. The minimum Gasteiger partial charge on any atom is -0.295 e. The van der Waals surface area contributed by atoms with Crippen LogP contribution in [-0.4, -0.2) is 9.78 Å². The summed E-state index contributed by atoms with van der Waals surface area (Å²) in [4.78, 5) is 12.2. The lowest BCUT2D eigenvalue weighted by Crippen LogP contribution is -2.17. The van der Waals surface area contributed by atoms with Crippen molar-refractivity contribution >= 4 is 0 Å². The normalized spacial score (nSPS) is 11.1. The minimum atomic E-state index is 0.0568. The Balaban J connectivity index is 2.58. The summed E-state index contributed by atoms with van der Waals surface area (Å²) in [5, 5.41) is 3.13. The van der Waals surface area contributed by atoms with E-state index in [0.29, 0.717) is 0 Å². The highest BCUT2D eigenvalue weighted by Gasteiger charge is 2.14. The third-order valence-corrected chi connectivity index (χ3v) is 2.99. The van der Waals surface area contributed by atoms with E-state index in [1.807, 2.05) is 52.0 Å². The van der Waals surface area contributed by atoms with Crippen LogP contribution in [0.2, 0.25) is 0 Å². The number of aromatic nitrogens is 2. The lowest BCUT2D eigenvalue weighted by atomic mass is 10.1. The van der Waals surface area contributed by atoms with Crippen LogP contribution >= 0.6 is 0 Å². The number of nitrogens with zero attached hydrogens (tertiary/aromatic N) is 1. The topological polar surface area (TPSA) is 37.8 Å². The average molecular weight is 230 g/mol. The van der Waals surface area contributed by atoms with Crippen molar-refractivity contribution in [3.8, 4) is 5.69 Å². The molecule has 1 aromatic carbocycles. The second kappa shape index (κ2) is 4.24. The van der Waals surface area contributed by atoms with Gasteiger partial charge in [-0.3, -0.25) is 9.89 Å². The zero-order chi connectivity index (χ0) is 12.6. The molecule has 0 saturated heterocycles. The Labute approximate surface area is 101 Å². The van der Waals surface area contributed by atoms with Crippen molar-refractivity contribution < 1.29 is 0 Å². The second-order valence-corrected chi connectivity index (χ2v) is 4.78. The summed E-state index contributed by atoms with van der Waals surface area (Å²) >= 11 is 0. The third-order valence-electron chi connectivity index (χ3n) is 2.99. The fourth-order valence-electron chi connectivity index (χ4n) is 2.12. The lowest BCUT2D eigenvalue weighted by molar-refractivity contribution is 0.824. The Morgan fingerprint density at radius 1 is 1.12 bits per heavy atom. The van der Waals surface area contributed by atoms with Crippen LogP contribution < -0.4 is 5.56 Å². The molecule has 0 aliphatic rings. The largest absolute Gasteiger partial charge is 0.295 e. The molecule has 0 fully saturated rings. The van der Waals surface area contributed by atoms with E-state index in [4.69, 9.17) is 0 Å². The van der Waals surface area contributed by atoms with Gasteiger partial charge >= 0.3 is 0 Å². The Kier molecular flexibility index (Phi) is 2.92. The molecule has 3 nitrogen and oxygen atoms in total. The van der Waals surface area contributed by atoms with E-state index in [-0.39, 0.29) is 11.5 Å². The number of hydrogen-bond acceptors (Lipinski definition) is 1. The monoisotopic (exact) mass is 230 g/mol. The van der Waals surface area contributed by atoms with Crippen LogP contribution in [0.3, 0.4) is 0 Å². The molecular formula is C14H18N2O. The number of nitrogens with one attached hydrogen (secondary N) is 1. The van der Waals surface area contributed by atoms with E-state index in [1.165, 1.54) is 5.56 Å². The van der Waals surface area contributed by atoms with Gasteiger partial charge in [0, 0.05) is 11.3 Å². The zero-order valence-electron chi connectivity index (χ0n) is 10.7. The summed E-state index contributed by atoms with van der Waals surface area (Å²) in [5.74, 6) is 0.241. The maximum absolute atomic E-state index is 12.2. The van der Waals surface area contributed by atoms with Crippen molar-refractivity contribution in [1.82, 2.24) is 9.78 Å². The predicted molar refractivity (Wildman–Crippen MR) is 70.0 cm³/mol. The lowest BCUT2D eigenvalue weighted by Gasteiger charge is -2.01. The molecule has 1 aromatic heterocycles. The molecule has 0 unspecified atom stereocenters. The third kappa shape index (κ3) is 2.05. The number of aryl methyl sites for hydroxylation is 2. The van der Waals surface area contributed by atoms with Gasteiger partial charge in [0.1, 0.15) is 0 Å². The van der Waals surface area contributed by atoms with Gasteiger partial charge in [-0.25, -0.2) is 4.68 Å². The molecule has 0 spiro atoms. The Morgan fingerprint density at radius 3 is 2.18 bits per heavy atom. The van der Waals surface area contributed by atoms with Gasteiger partial charge in [0.15, 0.2) is 0 Å². The summed E-state index contributed by atoms with van der Waals surface area (Å²) in [6.45, 7) is 8.06. The summed E-state index contributed by atoms with van der Waals surface area (Å²) in [5.41, 5.74) is 3.95. The van der Waals surface area contributed by atoms with E-state index in [9.17, 15) is 4.79 Å². The maximum Gasteiger partial charge on any atom is 0.274 e. The Hall–Kier alpha value is -1.77. The smallest absolute Gasteiger partial charge is 0.274 e. The number of hydrogen-bond donors (Lipinski definition) is 1. The summed E-state index contributed by atoms with van der Waals surface area (Å²) in [7, 11) is 0. The standard InChI is InChI=1S/C14H18N2O/c1-9(2)13-11(4)15-16(14(13)17)12-7-5-10(3)6-8-12/h5-9,15H,1-4H3. The molecular weight excluding hydrogens is 212 g/mol. The van der Waals surface area contributed by atoms with Crippen LogP contribution in [0, 0.1) is 13.8 Å². The van der Waals surface area contributed by atoms with Crippen molar-refractivity contribution in [3.63, 3.8) is 0 Å². The van der Waals surface area contributed by atoms with Gasteiger partial charge in [-0.2, -0.15) is 0 Å². The van der Waals surface area contributed by atoms with Gasteiger partial charge in [0.2, 0.25) is 0 Å². The molecule has 0 amide bonds. The van der Waals surface area contributed by atoms with E-state index in [2.05, 4.69) is 5.10 Å². The molecule has 1 N–H and O–H groups in total. The number of benzene rings is 1. The molecule has 0 aliphatic heterocycles. The molecule has 2 rings (SSSR count). The van der Waals surface area contributed by atoms with Crippen LogP contribution in [0.15, 0.2) is 29.1 Å².